The number of guanidine groups is 1. The molecule has 0 aliphatic carbocycles. The van der Waals surface area contributed by atoms with Crippen molar-refractivity contribution in [1.82, 2.24) is 9.80 Å². The maximum absolute atomic E-state index is 14.2. The van der Waals surface area contributed by atoms with Gasteiger partial charge in [0.05, 0.1) is 0 Å². The van der Waals surface area contributed by atoms with Crippen LogP contribution in [0.3, 0.4) is 0 Å². The summed E-state index contributed by atoms with van der Waals surface area (Å²) in [5, 5.41) is 9.08. The highest BCUT2D eigenvalue weighted by molar-refractivity contribution is 6.11. The molecule has 1 saturated heterocycles. The van der Waals surface area contributed by atoms with E-state index >= 15 is 0 Å². The number of hydrogen-bond donors (Lipinski definition) is 1. The Hall–Kier alpha value is -3.40. The average Bonchev–Trinajstić information content (AvgIpc) is 2.97. The van der Waals surface area contributed by atoms with Crippen molar-refractivity contribution in [2.24, 2.45) is 0 Å². The normalized spacial score (nSPS) is 16.2. The molecule has 4 heteroatoms. The van der Waals surface area contributed by atoms with Crippen molar-refractivity contribution in [2.45, 2.75) is 38.4 Å². The first kappa shape index (κ1) is 19.9. The molecule has 152 valence electrons. The molecule has 4 nitrogen and oxygen atoms in total. The van der Waals surface area contributed by atoms with Gasteiger partial charge in [0, 0.05) is 12.1 Å². The van der Waals surface area contributed by atoms with Crippen LogP contribution >= 0.6 is 0 Å². The molecule has 0 radical (unpaired) electrons. The SMILES string of the molecule is CC(C)(C)N1C(=N)N(Cc2ccccc2)C(c2ccccc2)(c2ccccc2)C1=O. The standard InChI is InChI=1S/C26H27N3O/c1-25(2,3)29-23(30)26(21-15-9-5-10-16-21,22-17-11-6-12-18-22)28(24(29)27)19-20-13-7-4-8-14-20/h4-18,27H,19H2,1-3H3. The molecule has 1 aliphatic rings. The van der Waals surface area contributed by atoms with Gasteiger partial charge in [0.25, 0.3) is 5.91 Å². The second kappa shape index (κ2) is 7.45. The van der Waals surface area contributed by atoms with Crippen molar-refractivity contribution in [3.63, 3.8) is 0 Å². The molecule has 1 fully saturated rings. The smallest absolute Gasteiger partial charge is 0.265 e. The molecule has 0 saturated carbocycles. The van der Waals surface area contributed by atoms with Gasteiger partial charge in [0.1, 0.15) is 0 Å². The molecule has 0 aromatic heterocycles. The molecular weight excluding hydrogens is 370 g/mol. The van der Waals surface area contributed by atoms with Crippen LogP contribution in [0.2, 0.25) is 0 Å². The Kier molecular flexibility index (Phi) is 4.94. The van der Waals surface area contributed by atoms with E-state index in [0.717, 1.165) is 16.7 Å². The molecular formula is C26H27N3O. The van der Waals surface area contributed by atoms with Crippen molar-refractivity contribution < 1.29 is 4.79 Å². The molecule has 3 aromatic carbocycles. The number of nitrogens with zero attached hydrogens (tertiary/aromatic N) is 2. The Bertz CT molecular complexity index is 1000. The highest BCUT2D eigenvalue weighted by Crippen LogP contribution is 2.45. The number of rotatable bonds is 4. The molecule has 0 spiro atoms. The van der Waals surface area contributed by atoms with E-state index in [9.17, 15) is 4.79 Å². The van der Waals surface area contributed by atoms with E-state index in [2.05, 4.69) is 0 Å². The highest BCUT2D eigenvalue weighted by Gasteiger charge is 2.59. The number of benzene rings is 3. The van der Waals surface area contributed by atoms with E-state index in [4.69, 9.17) is 5.41 Å². The summed E-state index contributed by atoms with van der Waals surface area (Å²) in [5.41, 5.74) is 1.18. The summed E-state index contributed by atoms with van der Waals surface area (Å²) >= 11 is 0. The van der Waals surface area contributed by atoms with Crippen LogP contribution in [0.15, 0.2) is 91.0 Å². The third-order valence-electron chi connectivity index (χ3n) is 5.62. The fourth-order valence-corrected chi connectivity index (χ4v) is 4.32. The molecule has 1 N–H and O–H groups in total. The summed E-state index contributed by atoms with van der Waals surface area (Å²) in [6.07, 6.45) is 0. The van der Waals surface area contributed by atoms with Crippen LogP contribution < -0.4 is 0 Å². The Balaban J connectivity index is 2.00. The van der Waals surface area contributed by atoms with E-state index in [1.54, 1.807) is 4.90 Å². The lowest BCUT2D eigenvalue weighted by Crippen LogP contribution is -2.49. The van der Waals surface area contributed by atoms with Crippen molar-refractivity contribution in [3.8, 4) is 0 Å². The Morgan fingerprint density at radius 1 is 0.767 bits per heavy atom. The number of nitrogens with one attached hydrogen (secondary N) is 1. The maximum Gasteiger partial charge on any atom is 0.265 e. The number of carbonyl (C=O) groups is 1. The van der Waals surface area contributed by atoms with E-state index < -0.39 is 11.1 Å². The van der Waals surface area contributed by atoms with Gasteiger partial charge < -0.3 is 4.90 Å². The summed E-state index contributed by atoms with van der Waals surface area (Å²) in [6, 6.07) is 29.7. The average molecular weight is 398 g/mol. The Morgan fingerprint density at radius 2 is 1.20 bits per heavy atom. The summed E-state index contributed by atoms with van der Waals surface area (Å²) in [4.78, 5) is 17.8. The van der Waals surface area contributed by atoms with Crippen LogP contribution in [0.5, 0.6) is 0 Å². The van der Waals surface area contributed by atoms with Crippen LogP contribution in [0.1, 0.15) is 37.5 Å². The van der Waals surface area contributed by atoms with Crippen molar-refractivity contribution in [1.29, 1.82) is 5.41 Å². The summed E-state index contributed by atoms with van der Waals surface area (Å²) in [7, 11) is 0. The molecule has 0 unspecified atom stereocenters. The summed E-state index contributed by atoms with van der Waals surface area (Å²) in [6.45, 7) is 6.40. The predicted molar refractivity (Wildman–Crippen MR) is 120 cm³/mol. The fourth-order valence-electron chi connectivity index (χ4n) is 4.32. The lowest BCUT2D eigenvalue weighted by molar-refractivity contribution is -0.134. The Morgan fingerprint density at radius 3 is 1.63 bits per heavy atom. The molecule has 3 aromatic rings. The van der Waals surface area contributed by atoms with E-state index in [0.29, 0.717) is 6.54 Å². The second-order valence-electron chi connectivity index (χ2n) is 8.65. The number of carbonyl (C=O) groups excluding carboxylic acids is 1. The van der Waals surface area contributed by atoms with Gasteiger partial charge >= 0.3 is 0 Å². The molecule has 0 atom stereocenters. The summed E-state index contributed by atoms with van der Waals surface area (Å²) < 4.78 is 0. The van der Waals surface area contributed by atoms with Gasteiger partial charge in [-0.05, 0) is 37.5 Å². The zero-order valence-electron chi connectivity index (χ0n) is 17.7. The largest absolute Gasteiger partial charge is 0.316 e. The van der Waals surface area contributed by atoms with Crippen molar-refractivity contribution >= 4 is 11.9 Å². The van der Waals surface area contributed by atoms with Gasteiger partial charge in [-0.3, -0.25) is 15.1 Å². The minimum atomic E-state index is -1.09. The van der Waals surface area contributed by atoms with Gasteiger partial charge in [0.15, 0.2) is 5.54 Å². The van der Waals surface area contributed by atoms with E-state index in [1.807, 2.05) is 117 Å². The van der Waals surface area contributed by atoms with Gasteiger partial charge in [-0.25, -0.2) is 0 Å². The number of hydrogen-bond acceptors (Lipinski definition) is 2. The highest BCUT2D eigenvalue weighted by atomic mass is 16.2. The Labute approximate surface area is 178 Å². The van der Waals surface area contributed by atoms with Gasteiger partial charge in [-0.1, -0.05) is 91.0 Å². The van der Waals surface area contributed by atoms with Crippen LogP contribution in [-0.2, 0) is 16.9 Å². The second-order valence-corrected chi connectivity index (χ2v) is 8.65. The van der Waals surface area contributed by atoms with Crippen LogP contribution in [0.25, 0.3) is 0 Å². The zero-order valence-corrected chi connectivity index (χ0v) is 17.7. The maximum atomic E-state index is 14.2. The molecule has 0 bridgehead atoms. The first-order valence-corrected chi connectivity index (χ1v) is 10.2. The van der Waals surface area contributed by atoms with E-state index in [1.165, 1.54) is 0 Å². The van der Waals surface area contributed by atoms with Crippen molar-refractivity contribution in [3.05, 3.63) is 108 Å². The van der Waals surface area contributed by atoms with Gasteiger partial charge in [0.2, 0.25) is 5.96 Å². The lowest BCUT2D eigenvalue weighted by atomic mass is 9.80. The molecule has 4 rings (SSSR count). The first-order chi connectivity index (χ1) is 14.4. The van der Waals surface area contributed by atoms with Crippen molar-refractivity contribution in [2.75, 3.05) is 0 Å². The third kappa shape index (κ3) is 3.09. The number of amides is 1. The predicted octanol–water partition coefficient (Wildman–Crippen LogP) is 5.01. The molecule has 1 aliphatic heterocycles. The van der Waals surface area contributed by atoms with E-state index in [-0.39, 0.29) is 11.9 Å². The summed E-state index contributed by atoms with van der Waals surface area (Å²) in [5.74, 6) is 0.136. The van der Waals surface area contributed by atoms with Crippen LogP contribution in [-0.4, -0.2) is 27.2 Å². The monoisotopic (exact) mass is 397 g/mol. The molecule has 30 heavy (non-hydrogen) atoms. The zero-order chi connectivity index (χ0) is 21.4. The lowest BCUT2D eigenvalue weighted by Gasteiger charge is -2.37. The van der Waals surface area contributed by atoms with Gasteiger partial charge in [-0.2, -0.15) is 0 Å². The fraction of sp³-hybridized carbons (Fsp3) is 0.231. The molecule has 1 heterocycles. The molecule has 1 amide bonds. The quantitative estimate of drug-likeness (QED) is 0.673. The minimum absolute atomic E-state index is 0.0895. The van der Waals surface area contributed by atoms with Crippen LogP contribution in [0, 0.1) is 5.41 Å². The minimum Gasteiger partial charge on any atom is -0.316 e. The first-order valence-electron chi connectivity index (χ1n) is 10.2. The van der Waals surface area contributed by atoms with Crippen LogP contribution in [0.4, 0.5) is 0 Å². The topological polar surface area (TPSA) is 47.4 Å². The third-order valence-corrected chi connectivity index (χ3v) is 5.62. The van der Waals surface area contributed by atoms with Gasteiger partial charge in [-0.15, -0.1) is 0 Å².